The molecule has 0 aliphatic carbocycles. The number of rotatable bonds is 4. The van der Waals surface area contributed by atoms with Gasteiger partial charge in [0.15, 0.2) is 0 Å². The topological polar surface area (TPSA) is 27.7 Å². The van der Waals surface area contributed by atoms with Gasteiger partial charge in [0.1, 0.15) is 17.5 Å². The molecular formula is C18H29N3O. The van der Waals surface area contributed by atoms with Gasteiger partial charge < -0.3 is 19.9 Å². The van der Waals surface area contributed by atoms with Gasteiger partial charge in [0.05, 0.1) is 12.2 Å². The summed E-state index contributed by atoms with van der Waals surface area (Å²) in [7, 11) is 0. The Morgan fingerprint density at radius 2 is 2.05 bits per heavy atom. The highest BCUT2D eigenvalue weighted by Gasteiger charge is 2.27. The lowest BCUT2D eigenvalue weighted by Gasteiger charge is -2.40. The van der Waals surface area contributed by atoms with Crippen molar-refractivity contribution in [3.63, 3.8) is 0 Å². The maximum atomic E-state index is 6.12. The number of ether oxygens (including phenoxy) is 1. The fourth-order valence-corrected chi connectivity index (χ4v) is 3.36. The molecule has 0 saturated carbocycles. The van der Waals surface area contributed by atoms with E-state index in [2.05, 4.69) is 54.1 Å². The molecule has 0 bridgehead atoms. The third-order valence-electron chi connectivity index (χ3n) is 4.53. The summed E-state index contributed by atoms with van der Waals surface area (Å²) in [5, 5.41) is 3.44. The summed E-state index contributed by atoms with van der Waals surface area (Å²) < 4.78 is 6.12. The Labute approximate surface area is 134 Å². The number of hydrogen-bond acceptors (Lipinski definition) is 4. The van der Waals surface area contributed by atoms with E-state index in [0.29, 0.717) is 0 Å². The van der Waals surface area contributed by atoms with Crippen LogP contribution in [0.1, 0.15) is 27.2 Å². The van der Waals surface area contributed by atoms with Crippen molar-refractivity contribution in [2.75, 3.05) is 49.1 Å². The summed E-state index contributed by atoms with van der Waals surface area (Å²) in [4.78, 5) is 5.04. The first-order chi connectivity index (χ1) is 10.6. The third kappa shape index (κ3) is 3.32. The summed E-state index contributed by atoms with van der Waals surface area (Å²) in [5.74, 6) is 1.78. The van der Waals surface area contributed by atoms with Crippen molar-refractivity contribution in [2.24, 2.45) is 5.92 Å². The fourth-order valence-electron chi connectivity index (χ4n) is 3.36. The van der Waals surface area contributed by atoms with E-state index in [4.69, 9.17) is 4.74 Å². The second-order valence-electron chi connectivity index (χ2n) is 6.92. The third-order valence-corrected chi connectivity index (χ3v) is 4.53. The van der Waals surface area contributed by atoms with Crippen molar-refractivity contribution < 1.29 is 4.74 Å². The van der Waals surface area contributed by atoms with Crippen LogP contribution in [0.2, 0.25) is 0 Å². The molecule has 0 radical (unpaired) electrons. The number of piperazine rings is 1. The van der Waals surface area contributed by atoms with Crippen LogP contribution < -0.4 is 19.9 Å². The van der Waals surface area contributed by atoms with Crippen LogP contribution in [0.5, 0.6) is 5.75 Å². The highest BCUT2D eigenvalue weighted by atomic mass is 16.5. The molecule has 2 aliphatic rings. The Bertz CT molecular complexity index is 497. The molecule has 1 saturated heterocycles. The zero-order chi connectivity index (χ0) is 15.5. The van der Waals surface area contributed by atoms with Crippen LogP contribution in [-0.4, -0.2) is 45.4 Å². The Kier molecular flexibility index (Phi) is 4.77. The molecule has 0 amide bonds. The first kappa shape index (κ1) is 15.5. The van der Waals surface area contributed by atoms with Gasteiger partial charge in [0, 0.05) is 32.7 Å². The van der Waals surface area contributed by atoms with E-state index in [-0.39, 0.29) is 6.10 Å². The molecule has 4 nitrogen and oxygen atoms in total. The lowest BCUT2D eigenvalue weighted by molar-refractivity contribution is 0.212. The molecule has 2 aliphatic heterocycles. The summed E-state index contributed by atoms with van der Waals surface area (Å²) in [6.45, 7) is 13.1. The summed E-state index contributed by atoms with van der Waals surface area (Å²) in [5.41, 5.74) is 2.65. The molecule has 1 atom stereocenters. The SMILES string of the molecule is CC(C)CCN1CC(C)Oc2cccc(N3CCNCC3)c21. The smallest absolute Gasteiger partial charge is 0.145 e. The minimum Gasteiger partial charge on any atom is -0.487 e. The zero-order valence-electron chi connectivity index (χ0n) is 14.1. The standard InChI is InChI=1S/C18H29N3O/c1-14(2)7-10-21-13-15(3)22-17-6-4-5-16(18(17)21)20-11-8-19-9-12-20/h4-6,14-15,19H,7-13H2,1-3H3. The van der Waals surface area contributed by atoms with Crippen LogP contribution in [-0.2, 0) is 0 Å². The molecule has 1 aromatic carbocycles. The number of nitrogens with one attached hydrogen (secondary N) is 1. The Balaban J connectivity index is 1.90. The number of nitrogens with zero attached hydrogens (tertiary/aromatic N) is 2. The van der Waals surface area contributed by atoms with E-state index in [1.165, 1.54) is 17.8 Å². The van der Waals surface area contributed by atoms with Crippen molar-refractivity contribution in [3.05, 3.63) is 18.2 Å². The molecule has 22 heavy (non-hydrogen) atoms. The van der Waals surface area contributed by atoms with E-state index in [0.717, 1.165) is 50.9 Å². The first-order valence-corrected chi connectivity index (χ1v) is 8.65. The van der Waals surface area contributed by atoms with Crippen molar-refractivity contribution >= 4 is 11.4 Å². The molecule has 4 heteroatoms. The zero-order valence-corrected chi connectivity index (χ0v) is 14.1. The van der Waals surface area contributed by atoms with E-state index in [1.807, 2.05) is 0 Å². The minimum atomic E-state index is 0.262. The molecular weight excluding hydrogens is 274 g/mol. The predicted molar refractivity (Wildman–Crippen MR) is 93.3 cm³/mol. The molecule has 1 aromatic rings. The Hall–Kier alpha value is -1.42. The van der Waals surface area contributed by atoms with Gasteiger partial charge in [-0.2, -0.15) is 0 Å². The van der Waals surface area contributed by atoms with Gasteiger partial charge in [-0.25, -0.2) is 0 Å². The molecule has 2 heterocycles. The molecule has 1 unspecified atom stereocenters. The molecule has 1 N–H and O–H groups in total. The predicted octanol–water partition coefficient (Wildman–Crippen LogP) is 2.73. The van der Waals surface area contributed by atoms with Gasteiger partial charge in [0.2, 0.25) is 0 Å². The second kappa shape index (κ2) is 6.78. The molecule has 0 aromatic heterocycles. The van der Waals surface area contributed by atoms with Crippen molar-refractivity contribution in [1.82, 2.24) is 5.32 Å². The quantitative estimate of drug-likeness (QED) is 0.925. The number of hydrogen-bond donors (Lipinski definition) is 1. The van der Waals surface area contributed by atoms with Crippen LogP contribution >= 0.6 is 0 Å². The molecule has 122 valence electrons. The lowest BCUT2D eigenvalue weighted by atomic mass is 10.1. The van der Waals surface area contributed by atoms with Crippen molar-refractivity contribution in [3.8, 4) is 5.75 Å². The van der Waals surface area contributed by atoms with E-state index < -0.39 is 0 Å². The van der Waals surface area contributed by atoms with Gasteiger partial charge in [-0.05, 0) is 31.4 Å². The van der Waals surface area contributed by atoms with Crippen LogP contribution in [0.15, 0.2) is 18.2 Å². The largest absolute Gasteiger partial charge is 0.487 e. The van der Waals surface area contributed by atoms with Gasteiger partial charge in [-0.3, -0.25) is 0 Å². The minimum absolute atomic E-state index is 0.262. The van der Waals surface area contributed by atoms with Gasteiger partial charge in [-0.1, -0.05) is 19.9 Å². The number of fused-ring (bicyclic) bond motifs is 1. The summed E-state index contributed by atoms with van der Waals surface area (Å²) >= 11 is 0. The van der Waals surface area contributed by atoms with Gasteiger partial charge in [-0.15, -0.1) is 0 Å². The highest BCUT2D eigenvalue weighted by molar-refractivity contribution is 5.78. The van der Waals surface area contributed by atoms with Crippen LogP contribution in [0, 0.1) is 5.92 Å². The monoisotopic (exact) mass is 303 g/mol. The van der Waals surface area contributed by atoms with E-state index in [9.17, 15) is 0 Å². The summed E-state index contributed by atoms with van der Waals surface area (Å²) in [6.07, 6.45) is 1.49. The first-order valence-electron chi connectivity index (χ1n) is 8.65. The molecule has 3 rings (SSSR count). The van der Waals surface area contributed by atoms with Gasteiger partial charge in [0.25, 0.3) is 0 Å². The maximum Gasteiger partial charge on any atom is 0.145 e. The average molecular weight is 303 g/mol. The Morgan fingerprint density at radius 3 is 2.77 bits per heavy atom. The van der Waals surface area contributed by atoms with Gasteiger partial charge >= 0.3 is 0 Å². The number of benzene rings is 1. The molecule has 0 spiro atoms. The number of para-hydroxylation sites is 1. The van der Waals surface area contributed by atoms with E-state index >= 15 is 0 Å². The van der Waals surface area contributed by atoms with Crippen LogP contribution in [0.3, 0.4) is 0 Å². The average Bonchev–Trinajstić information content (AvgIpc) is 2.52. The Morgan fingerprint density at radius 1 is 1.27 bits per heavy atom. The number of anilines is 2. The highest BCUT2D eigenvalue weighted by Crippen LogP contribution is 2.41. The van der Waals surface area contributed by atoms with Crippen molar-refractivity contribution in [1.29, 1.82) is 0 Å². The van der Waals surface area contributed by atoms with Crippen LogP contribution in [0.4, 0.5) is 11.4 Å². The van der Waals surface area contributed by atoms with E-state index in [1.54, 1.807) is 0 Å². The summed E-state index contributed by atoms with van der Waals surface area (Å²) in [6, 6.07) is 6.51. The van der Waals surface area contributed by atoms with Crippen molar-refractivity contribution in [2.45, 2.75) is 33.3 Å². The van der Waals surface area contributed by atoms with Crippen LogP contribution in [0.25, 0.3) is 0 Å². The maximum absolute atomic E-state index is 6.12. The normalized spacial score (nSPS) is 21.7. The fraction of sp³-hybridized carbons (Fsp3) is 0.667. The molecule has 1 fully saturated rings. The second-order valence-corrected chi connectivity index (χ2v) is 6.92. The lowest BCUT2D eigenvalue weighted by Crippen LogP contribution is -2.45.